The Hall–Kier alpha value is -3.19. The standard InChI is InChI=1S/C28H24O/c29-26(21-12-6-2-7-13-21)19-25(20-10-4-1-5-11-20)28-24-17-16-23(18-24)27(28)22-14-8-3-9-15-22/h1-17,19,23-24,27-28H,18H2/b25-19+/t23-,24-,27+,28+/m0/s1. The van der Waals surface area contributed by atoms with Crippen molar-refractivity contribution in [2.24, 2.45) is 17.8 Å². The summed E-state index contributed by atoms with van der Waals surface area (Å²) >= 11 is 0. The van der Waals surface area contributed by atoms with E-state index >= 15 is 0 Å². The molecule has 1 fully saturated rings. The SMILES string of the molecule is O=C(/C=C(\c1ccccc1)[C@@H]1[C@H](c2ccccc2)[C@H]2C=C[C@H]1C2)c1ccccc1. The molecule has 0 saturated heterocycles. The predicted molar refractivity (Wildman–Crippen MR) is 119 cm³/mol. The van der Waals surface area contributed by atoms with Gasteiger partial charge in [-0.05, 0) is 52.9 Å². The number of allylic oxidation sites excluding steroid dienone is 4. The first-order valence-corrected chi connectivity index (χ1v) is 10.4. The van der Waals surface area contributed by atoms with E-state index in [1.54, 1.807) is 0 Å². The van der Waals surface area contributed by atoms with Gasteiger partial charge in [0.25, 0.3) is 0 Å². The molecule has 4 atom stereocenters. The highest BCUT2D eigenvalue weighted by Gasteiger charge is 2.46. The van der Waals surface area contributed by atoms with Crippen molar-refractivity contribution in [1.29, 1.82) is 0 Å². The Morgan fingerprint density at radius 2 is 1.24 bits per heavy atom. The zero-order valence-corrected chi connectivity index (χ0v) is 16.3. The third-order valence-corrected chi connectivity index (χ3v) is 6.45. The zero-order chi connectivity index (χ0) is 19.6. The van der Waals surface area contributed by atoms with Gasteiger partial charge in [0.15, 0.2) is 5.78 Å². The van der Waals surface area contributed by atoms with Crippen molar-refractivity contribution in [2.45, 2.75) is 12.3 Å². The minimum Gasteiger partial charge on any atom is -0.289 e. The molecule has 3 aromatic carbocycles. The first-order chi connectivity index (χ1) is 14.3. The summed E-state index contributed by atoms with van der Waals surface area (Å²) in [6, 6.07) is 30.9. The van der Waals surface area contributed by atoms with Crippen LogP contribution in [-0.2, 0) is 0 Å². The van der Waals surface area contributed by atoms with Gasteiger partial charge in [0.05, 0.1) is 0 Å². The van der Waals surface area contributed by atoms with Crippen LogP contribution in [0.1, 0.15) is 33.8 Å². The van der Waals surface area contributed by atoms with Crippen LogP contribution in [0.25, 0.3) is 5.57 Å². The molecule has 0 spiro atoms. The number of benzene rings is 3. The fraction of sp³-hybridized carbons (Fsp3) is 0.179. The average Bonchev–Trinajstić information content (AvgIpc) is 3.41. The summed E-state index contributed by atoms with van der Waals surface area (Å²) in [5.41, 5.74) is 4.45. The number of rotatable bonds is 5. The lowest BCUT2D eigenvalue weighted by Crippen LogP contribution is -2.20. The number of hydrogen-bond acceptors (Lipinski definition) is 1. The van der Waals surface area contributed by atoms with Gasteiger partial charge >= 0.3 is 0 Å². The van der Waals surface area contributed by atoms with Crippen LogP contribution in [-0.4, -0.2) is 5.78 Å². The second kappa shape index (κ2) is 7.67. The van der Waals surface area contributed by atoms with Crippen molar-refractivity contribution in [3.8, 4) is 0 Å². The van der Waals surface area contributed by atoms with Crippen molar-refractivity contribution in [1.82, 2.24) is 0 Å². The maximum atomic E-state index is 13.1. The largest absolute Gasteiger partial charge is 0.289 e. The smallest absolute Gasteiger partial charge is 0.186 e. The van der Waals surface area contributed by atoms with Crippen LogP contribution in [0.5, 0.6) is 0 Å². The second-order valence-corrected chi connectivity index (χ2v) is 8.11. The van der Waals surface area contributed by atoms with Crippen LogP contribution in [0.15, 0.2) is 109 Å². The number of fused-ring (bicyclic) bond motifs is 2. The van der Waals surface area contributed by atoms with Gasteiger partial charge in [0.2, 0.25) is 0 Å². The molecule has 0 aliphatic heterocycles. The third kappa shape index (κ3) is 3.38. The molecule has 0 aromatic heterocycles. The lowest BCUT2D eigenvalue weighted by Gasteiger charge is -2.31. The zero-order valence-electron chi connectivity index (χ0n) is 16.3. The van der Waals surface area contributed by atoms with Crippen molar-refractivity contribution in [3.63, 3.8) is 0 Å². The fourth-order valence-corrected chi connectivity index (χ4v) is 5.21. The van der Waals surface area contributed by atoms with Crippen LogP contribution in [0.4, 0.5) is 0 Å². The number of carbonyl (C=O) groups is 1. The first kappa shape index (κ1) is 17.9. The van der Waals surface area contributed by atoms with Crippen molar-refractivity contribution < 1.29 is 4.79 Å². The molecule has 0 amide bonds. The molecule has 2 aliphatic rings. The van der Waals surface area contributed by atoms with E-state index < -0.39 is 0 Å². The summed E-state index contributed by atoms with van der Waals surface area (Å²) < 4.78 is 0. The third-order valence-electron chi connectivity index (χ3n) is 6.45. The van der Waals surface area contributed by atoms with Gasteiger partial charge in [-0.2, -0.15) is 0 Å². The highest BCUT2D eigenvalue weighted by atomic mass is 16.1. The molecule has 0 N–H and O–H groups in total. The van der Waals surface area contributed by atoms with Gasteiger partial charge in [-0.1, -0.05) is 103 Å². The minimum atomic E-state index is 0.0861. The Labute approximate surface area is 172 Å². The van der Waals surface area contributed by atoms with E-state index in [9.17, 15) is 4.79 Å². The van der Waals surface area contributed by atoms with Crippen LogP contribution in [0.3, 0.4) is 0 Å². The summed E-state index contributed by atoms with van der Waals surface area (Å²) in [7, 11) is 0. The summed E-state index contributed by atoms with van der Waals surface area (Å²) in [4.78, 5) is 13.1. The van der Waals surface area contributed by atoms with E-state index in [4.69, 9.17) is 0 Å². The summed E-state index contributed by atoms with van der Waals surface area (Å²) in [5.74, 6) is 1.86. The summed E-state index contributed by atoms with van der Waals surface area (Å²) in [6.45, 7) is 0. The van der Waals surface area contributed by atoms with Gasteiger partial charge in [0.1, 0.15) is 0 Å². The molecule has 3 aromatic rings. The van der Waals surface area contributed by atoms with Gasteiger partial charge in [-0.15, -0.1) is 0 Å². The van der Waals surface area contributed by atoms with Crippen molar-refractivity contribution in [2.75, 3.05) is 0 Å². The molecule has 2 bridgehead atoms. The Morgan fingerprint density at radius 1 is 0.690 bits per heavy atom. The predicted octanol–water partition coefficient (Wildman–Crippen LogP) is 6.56. The molecule has 0 unspecified atom stereocenters. The Morgan fingerprint density at radius 3 is 1.90 bits per heavy atom. The lowest BCUT2D eigenvalue weighted by molar-refractivity contribution is 0.104. The molecule has 142 valence electrons. The van der Waals surface area contributed by atoms with E-state index in [1.165, 1.54) is 17.6 Å². The highest BCUT2D eigenvalue weighted by Crippen LogP contribution is 2.57. The van der Waals surface area contributed by atoms with Crippen LogP contribution in [0.2, 0.25) is 0 Å². The molecule has 0 heterocycles. The highest BCUT2D eigenvalue weighted by molar-refractivity contribution is 6.08. The molecule has 1 nitrogen and oxygen atoms in total. The molecule has 1 heteroatoms. The number of ketones is 1. The monoisotopic (exact) mass is 376 g/mol. The molecule has 1 saturated carbocycles. The molecular weight excluding hydrogens is 352 g/mol. The molecular formula is C28H24O. The van der Waals surface area contributed by atoms with E-state index in [1.807, 2.05) is 42.5 Å². The number of hydrogen-bond donors (Lipinski definition) is 0. The van der Waals surface area contributed by atoms with Gasteiger partial charge in [-0.3, -0.25) is 4.79 Å². The van der Waals surface area contributed by atoms with E-state index in [0.29, 0.717) is 23.7 Å². The van der Waals surface area contributed by atoms with Crippen molar-refractivity contribution in [3.05, 3.63) is 126 Å². The molecule has 29 heavy (non-hydrogen) atoms. The minimum absolute atomic E-state index is 0.0861. The maximum absolute atomic E-state index is 13.1. The second-order valence-electron chi connectivity index (χ2n) is 8.11. The van der Waals surface area contributed by atoms with Crippen molar-refractivity contribution >= 4 is 11.4 Å². The van der Waals surface area contributed by atoms with E-state index in [-0.39, 0.29) is 5.78 Å². The van der Waals surface area contributed by atoms with Gasteiger partial charge in [0, 0.05) is 5.56 Å². The topological polar surface area (TPSA) is 17.1 Å². The first-order valence-electron chi connectivity index (χ1n) is 10.4. The molecule has 2 aliphatic carbocycles. The van der Waals surface area contributed by atoms with E-state index in [0.717, 1.165) is 11.1 Å². The normalized spacial score (nSPS) is 25.3. The van der Waals surface area contributed by atoms with E-state index in [2.05, 4.69) is 66.7 Å². The Bertz CT molecular complexity index is 1050. The lowest BCUT2D eigenvalue weighted by atomic mass is 9.72. The van der Waals surface area contributed by atoms with Crippen LogP contribution >= 0.6 is 0 Å². The summed E-state index contributed by atoms with van der Waals surface area (Å²) in [5, 5.41) is 0. The van der Waals surface area contributed by atoms with Crippen LogP contribution in [0, 0.1) is 17.8 Å². The fourth-order valence-electron chi connectivity index (χ4n) is 5.21. The average molecular weight is 376 g/mol. The number of carbonyl (C=O) groups excluding carboxylic acids is 1. The summed E-state index contributed by atoms with van der Waals surface area (Å²) in [6.07, 6.45) is 7.84. The Kier molecular flexibility index (Phi) is 4.73. The maximum Gasteiger partial charge on any atom is 0.186 e. The quantitative estimate of drug-likeness (QED) is 0.280. The van der Waals surface area contributed by atoms with Gasteiger partial charge in [-0.25, -0.2) is 0 Å². The van der Waals surface area contributed by atoms with Gasteiger partial charge < -0.3 is 0 Å². The molecule has 0 radical (unpaired) electrons. The van der Waals surface area contributed by atoms with Crippen LogP contribution < -0.4 is 0 Å². The Balaban J connectivity index is 1.62. The molecule has 5 rings (SSSR count).